The number of nitrogens with zero attached hydrogens (tertiary/aromatic N) is 1. The van der Waals surface area contributed by atoms with E-state index in [9.17, 15) is 13.2 Å². The highest BCUT2D eigenvalue weighted by atomic mass is 32.2. The van der Waals surface area contributed by atoms with Crippen LogP contribution in [0.25, 0.3) is 0 Å². The van der Waals surface area contributed by atoms with Crippen molar-refractivity contribution < 1.29 is 13.2 Å². The Hall–Kier alpha value is -2.01. The average molecular weight is 261 g/mol. The van der Waals surface area contributed by atoms with E-state index in [1.807, 2.05) is 0 Å². The number of hydrogen-bond donors (Lipinski definition) is 0. The number of aromatic nitrogens is 1. The Morgan fingerprint density at radius 3 is 2.28 bits per heavy atom. The fourth-order valence-electron chi connectivity index (χ4n) is 1.49. The van der Waals surface area contributed by atoms with Gasteiger partial charge in [-0.25, -0.2) is 8.42 Å². The summed E-state index contributed by atoms with van der Waals surface area (Å²) in [6.07, 6.45) is 1.46. The first-order valence-corrected chi connectivity index (χ1v) is 6.97. The van der Waals surface area contributed by atoms with Gasteiger partial charge in [-0.3, -0.25) is 9.78 Å². The van der Waals surface area contributed by atoms with E-state index in [-0.39, 0.29) is 10.6 Å². The van der Waals surface area contributed by atoms with Gasteiger partial charge in [0.25, 0.3) is 0 Å². The van der Waals surface area contributed by atoms with Crippen molar-refractivity contribution in [1.82, 2.24) is 4.98 Å². The number of carbonyl (C=O) groups is 1. The molecule has 1 heterocycles. The minimum absolute atomic E-state index is 0.147. The maximum atomic E-state index is 12.0. The van der Waals surface area contributed by atoms with Crippen molar-refractivity contribution in [1.29, 1.82) is 0 Å². The van der Waals surface area contributed by atoms with Gasteiger partial charge in [-0.1, -0.05) is 24.3 Å². The summed E-state index contributed by atoms with van der Waals surface area (Å²) in [5.74, 6) is -1.06. The predicted octanol–water partition coefficient (Wildman–Crippen LogP) is 1.74. The highest BCUT2D eigenvalue weighted by molar-refractivity contribution is 7.92. The zero-order valence-electron chi connectivity index (χ0n) is 9.48. The van der Waals surface area contributed by atoms with Gasteiger partial charge in [-0.05, 0) is 24.3 Å². The van der Waals surface area contributed by atoms with Gasteiger partial charge in [0.1, 0.15) is 11.4 Å². The summed E-state index contributed by atoms with van der Waals surface area (Å²) < 4.78 is 23.9. The molecule has 18 heavy (non-hydrogen) atoms. The first-order valence-electron chi connectivity index (χ1n) is 5.31. The van der Waals surface area contributed by atoms with Crippen molar-refractivity contribution in [3.05, 3.63) is 60.4 Å². The molecule has 0 amide bonds. The number of Topliss-reactive ketones (excluding diaryl/α,β-unsaturated/α-hetero) is 1. The molecule has 0 N–H and O–H groups in total. The molecule has 0 spiro atoms. The van der Waals surface area contributed by atoms with Crippen molar-refractivity contribution >= 4 is 15.6 Å². The monoisotopic (exact) mass is 261 g/mol. The molecule has 0 aliphatic carbocycles. The third-order valence-electron chi connectivity index (χ3n) is 2.37. The minimum atomic E-state index is -3.60. The lowest BCUT2D eigenvalue weighted by molar-refractivity contribution is 0.101. The van der Waals surface area contributed by atoms with Crippen LogP contribution < -0.4 is 0 Å². The molecular formula is C13H11NO3S. The molecule has 0 aliphatic rings. The van der Waals surface area contributed by atoms with Crippen molar-refractivity contribution in [2.75, 3.05) is 5.75 Å². The lowest BCUT2D eigenvalue weighted by Gasteiger charge is -2.03. The fourth-order valence-corrected chi connectivity index (χ4v) is 2.72. The first-order chi connectivity index (χ1) is 8.59. The van der Waals surface area contributed by atoms with Crippen LogP contribution in [0.1, 0.15) is 10.5 Å². The van der Waals surface area contributed by atoms with Crippen LogP contribution >= 0.6 is 0 Å². The third kappa shape index (κ3) is 2.81. The molecule has 0 saturated heterocycles. The second-order valence-electron chi connectivity index (χ2n) is 3.71. The van der Waals surface area contributed by atoms with Gasteiger partial charge in [0.15, 0.2) is 15.6 Å². The Morgan fingerprint density at radius 2 is 1.67 bits per heavy atom. The highest BCUT2D eigenvalue weighted by Crippen LogP contribution is 2.11. The molecule has 4 nitrogen and oxygen atoms in total. The van der Waals surface area contributed by atoms with Crippen molar-refractivity contribution in [3.8, 4) is 0 Å². The molecule has 0 bridgehead atoms. The van der Waals surface area contributed by atoms with E-state index < -0.39 is 21.4 Å². The van der Waals surface area contributed by atoms with Gasteiger partial charge in [0.2, 0.25) is 0 Å². The molecule has 2 rings (SSSR count). The average Bonchev–Trinajstić information content (AvgIpc) is 2.40. The lowest BCUT2D eigenvalue weighted by atomic mass is 10.3. The summed E-state index contributed by atoms with van der Waals surface area (Å²) >= 11 is 0. The summed E-state index contributed by atoms with van der Waals surface area (Å²) in [6, 6.07) is 12.7. The van der Waals surface area contributed by atoms with Crippen molar-refractivity contribution in [2.45, 2.75) is 4.90 Å². The number of hydrogen-bond acceptors (Lipinski definition) is 4. The van der Waals surface area contributed by atoms with E-state index in [1.165, 1.54) is 24.4 Å². The smallest absolute Gasteiger partial charge is 0.196 e. The van der Waals surface area contributed by atoms with Gasteiger partial charge in [0, 0.05) is 6.20 Å². The van der Waals surface area contributed by atoms with Crippen LogP contribution in [0.3, 0.4) is 0 Å². The summed E-state index contributed by atoms with van der Waals surface area (Å²) in [5.41, 5.74) is 0.164. The number of sulfone groups is 1. The summed E-state index contributed by atoms with van der Waals surface area (Å²) in [6.45, 7) is 0. The second kappa shape index (κ2) is 5.10. The maximum Gasteiger partial charge on any atom is 0.196 e. The lowest BCUT2D eigenvalue weighted by Crippen LogP contribution is -2.17. The van der Waals surface area contributed by atoms with Gasteiger partial charge in [-0.15, -0.1) is 0 Å². The number of ketones is 1. The molecule has 0 radical (unpaired) electrons. The molecule has 5 heteroatoms. The van der Waals surface area contributed by atoms with Gasteiger partial charge < -0.3 is 0 Å². The molecular weight excluding hydrogens is 250 g/mol. The normalized spacial score (nSPS) is 11.1. The van der Waals surface area contributed by atoms with Crippen molar-refractivity contribution in [3.63, 3.8) is 0 Å². The molecule has 1 aromatic heterocycles. The van der Waals surface area contributed by atoms with Gasteiger partial charge in [0.05, 0.1) is 4.90 Å². The van der Waals surface area contributed by atoms with E-state index in [0.29, 0.717) is 0 Å². The van der Waals surface area contributed by atoms with E-state index in [0.717, 1.165) is 0 Å². The van der Waals surface area contributed by atoms with E-state index in [1.54, 1.807) is 30.3 Å². The number of rotatable bonds is 4. The van der Waals surface area contributed by atoms with E-state index >= 15 is 0 Å². The van der Waals surface area contributed by atoms with Crippen LogP contribution in [0, 0.1) is 0 Å². The molecule has 0 aliphatic heterocycles. The largest absolute Gasteiger partial charge is 0.291 e. The molecule has 0 fully saturated rings. The predicted molar refractivity (Wildman–Crippen MR) is 67.1 cm³/mol. The van der Waals surface area contributed by atoms with Crippen LogP contribution in [0.15, 0.2) is 59.6 Å². The number of carbonyl (C=O) groups excluding carboxylic acids is 1. The number of benzene rings is 1. The number of pyridine rings is 1. The zero-order valence-corrected chi connectivity index (χ0v) is 10.3. The van der Waals surface area contributed by atoms with Crippen LogP contribution in [-0.2, 0) is 9.84 Å². The topological polar surface area (TPSA) is 64.1 Å². The Balaban J connectivity index is 2.23. The van der Waals surface area contributed by atoms with Crippen molar-refractivity contribution in [2.24, 2.45) is 0 Å². The standard InChI is InChI=1S/C13H11NO3S/c15-13(12-8-4-5-9-14-12)10-18(16,17)11-6-2-1-3-7-11/h1-9H,10H2. The van der Waals surface area contributed by atoms with Crippen LogP contribution in [-0.4, -0.2) is 24.9 Å². The third-order valence-corrected chi connectivity index (χ3v) is 4.01. The molecule has 0 atom stereocenters. The molecule has 0 unspecified atom stereocenters. The van der Waals surface area contributed by atoms with Crippen LogP contribution in [0.5, 0.6) is 0 Å². The van der Waals surface area contributed by atoms with E-state index in [4.69, 9.17) is 0 Å². The van der Waals surface area contributed by atoms with Gasteiger partial charge in [-0.2, -0.15) is 0 Å². The van der Waals surface area contributed by atoms with E-state index in [2.05, 4.69) is 4.98 Å². The van der Waals surface area contributed by atoms with Crippen LogP contribution in [0.2, 0.25) is 0 Å². The SMILES string of the molecule is O=C(CS(=O)(=O)c1ccccc1)c1ccccn1. The fraction of sp³-hybridized carbons (Fsp3) is 0.0769. The minimum Gasteiger partial charge on any atom is -0.291 e. The molecule has 92 valence electrons. The molecule has 1 aromatic carbocycles. The summed E-state index contributed by atoms with van der Waals surface area (Å²) in [4.78, 5) is 15.8. The molecule has 2 aromatic rings. The second-order valence-corrected chi connectivity index (χ2v) is 5.70. The quantitative estimate of drug-likeness (QED) is 0.786. The van der Waals surface area contributed by atoms with Crippen LogP contribution in [0.4, 0.5) is 0 Å². The zero-order chi connectivity index (χ0) is 13.0. The maximum absolute atomic E-state index is 12.0. The Labute approximate surface area is 105 Å². The Bertz CT molecular complexity index is 636. The summed E-state index contributed by atoms with van der Waals surface area (Å²) in [5, 5.41) is 0. The Kier molecular flexibility index (Phi) is 3.53. The summed E-state index contributed by atoms with van der Waals surface area (Å²) in [7, 11) is -3.60. The Morgan fingerprint density at radius 1 is 1.00 bits per heavy atom. The first kappa shape index (κ1) is 12.4. The van der Waals surface area contributed by atoms with Gasteiger partial charge >= 0.3 is 0 Å². The molecule has 0 saturated carbocycles. The highest BCUT2D eigenvalue weighted by Gasteiger charge is 2.20.